The molecule has 0 saturated carbocycles. The zero-order chi connectivity index (χ0) is 25.5. The summed E-state index contributed by atoms with van der Waals surface area (Å²) in [6.45, 7) is 1.40. The average molecular weight is 535 g/mol. The van der Waals surface area contributed by atoms with Gasteiger partial charge < -0.3 is 15.1 Å². The van der Waals surface area contributed by atoms with Gasteiger partial charge in [-0.3, -0.25) is 4.79 Å². The highest BCUT2D eigenvalue weighted by molar-refractivity contribution is 7.90. The van der Waals surface area contributed by atoms with E-state index in [9.17, 15) is 30.8 Å². The fourth-order valence-corrected chi connectivity index (χ4v) is 5.36. The number of amides is 1. The summed E-state index contributed by atoms with van der Waals surface area (Å²) in [6, 6.07) is 3.66. The summed E-state index contributed by atoms with van der Waals surface area (Å²) >= 11 is 6.06. The SMILES string of the molecule is CS(=O)(=O)c1ccc(N[C@H]2CCN(C3CCN(c4ncc(C(F)(F)F)cc4Cl)CC3)C2=O)c(F)c1. The quantitative estimate of drug-likeness (QED) is 0.584. The maximum atomic E-state index is 14.4. The van der Waals surface area contributed by atoms with Crippen molar-refractivity contribution in [3.8, 4) is 0 Å². The van der Waals surface area contributed by atoms with Crippen molar-refractivity contribution in [2.75, 3.05) is 36.1 Å². The lowest BCUT2D eigenvalue weighted by Crippen LogP contribution is -2.47. The van der Waals surface area contributed by atoms with E-state index in [0.717, 1.165) is 24.6 Å². The van der Waals surface area contributed by atoms with Crippen molar-refractivity contribution in [2.24, 2.45) is 0 Å². The fraction of sp³-hybridized carbons (Fsp3) is 0.455. The Morgan fingerprint density at radius 3 is 2.37 bits per heavy atom. The maximum absolute atomic E-state index is 14.4. The molecule has 3 heterocycles. The van der Waals surface area contributed by atoms with Crippen LogP contribution in [-0.2, 0) is 20.8 Å². The average Bonchev–Trinajstić information content (AvgIpc) is 3.14. The molecule has 1 atom stereocenters. The Morgan fingerprint density at radius 2 is 1.80 bits per heavy atom. The van der Waals surface area contributed by atoms with Gasteiger partial charge in [0.15, 0.2) is 9.84 Å². The number of nitrogens with one attached hydrogen (secondary N) is 1. The monoisotopic (exact) mass is 534 g/mol. The van der Waals surface area contributed by atoms with E-state index >= 15 is 0 Å². The number of nitrogens with zero attached hydrogens (tertiary/aromatic N) is 3. The molecule has 0 radical (unpaired) electrons. The Hall–Kier alpha value is -2.60. The van der Waals surface area contributed by atoms with E-state index in [2.05, 4.69) is 10.3 Å². The van der Waals surface area contributed by atoms with Crippen molar-refractivity contribution in [3.05, 3.63) is 46.9 Å². The van der Waals surface area contributed by atoms with E-state index in [-0.39, 0.29) is 33.4 Å². The molecule has 1 aromatic heterocycles. The molecule has 4 rings (SSSR count). The number of anilines is 2. The zero-order valence-corrected chi connectivity index (χ0v) is 20.2. The smallest absolute Gasteiger partial charge is 0.371 e. The number of piperidine rings is 1. The molecule has 1 N–H and O–H groups in total. The van der Waals surface area contributed by atoms with Gasteiger partial charge in [0.25, 0.3) is 0 Å². The van der Waals surface area contributed by atoms with Crippen molar-refractivity contribution in [1.82, 2.24) is 9.88 Å². The maximum Gasteiger partial charge on any atom is 0.417 e. The highest BCUT2D eigenvalue weighted by atomic mass is 35.5. The highest BCUT2D eigenvalue weighted by Gasteiger charge is 2.38. The summed E-state index contributed by atoms with van der Waals surface area (Å²) in [5.74, 6) is -0.660. The first-order chi connectivity index (χ1) is 16.3. The minimum absolute atomic E-state index is 0.0513. The van der Waals surface area contributed by atoms with Gasteiger partial charge in [0, 0.05) is 38.1 Å². The molecule has 0 bridgehead atoms. The molecule has 0 spiro atoms. The third kappa shape index (κ3) is 5.48. The predicted molar refractivity (Wildman–Crippen MR) is 123 cm³/mol. The second kappa shape index (κ2) is 9.45. The molecule has 1 aromatic carbocycles. The second-order valence-corrected chi connectivity index (χ2v) is 11.1. The standard InChI is InChI=1S/C22H23ClF4N4O3S/c1-35(33,34)15-2-3-18(17(24)11-15)29-19-6-9-31(21(19)32)14-4-7-30(8-5-14)20-16(23)10-13(12-28-20)22(25,26)27/h2-3,10-12,14,19,29H,4-9H2,1H3/t19-/m0/s1. The number of pyridine rings is 1. The van der Waals surface area contributed by atoms with E-state index in [1.54, 1.807) is 9.80 Å². The van der Waals surface area contributed by atoms with E-state index in [4.69, 9.17) is 11.6 Å². The Bertz CT molecular complexity index is 1230. The Balaban J connectivity index is 1.36. The third-order valence-electron chi connectivity index (χ3n) is 6.29. The molecule has 0 unspecified atom stereocenters. The van der Waals surface area contributed by atoms with Gasteiger partial charge in [-0.2, -0.15) is 13.2 Å². The van der Waals surface area contributed by atoms with Crippen molar-refractivity contribution < 1.29 is 30.8 Å². The number of hydrogen-bond donors (Lipinski definition) is 1. The van der Waals surface area contributed by atoms with Crippen LogP contribution >= 0.6 is 11.6 Å². The first-order valence-corrected chi connectivity index (χ1v) is 13.2. The molecule has 35 heavy (non-hydrogen) atoms. The summed E-state index contributed by atoms with van der Waals surface area (Å²) in [7, 11) is -3.55. The van der Waals surface area contributed by atoms with Gasteiger partial charge in [0.05, 0.1) is 21.2 Å². The van der Waals surface area contributed by atoms with Gasteiger partial charge in [-0.1, -0.05) is 11.6 Å². The zero-order valence-electron chi connectivity index (χ0n) is 18.6. The van der Waals surface area contributed by atoms with Gasteiger partial charge in [-0.05, 0) is 43.5 Å². The minimum atomic E-state index is -4.53. The number of carbonyl (C=O) groups is 1. The summed E-state index contributed by atoms with van der Waals surface area (Å²) in [6.07, 6.45) is -1.17. The lowest BCUT2D eigenvalue weighted by Gasteiger charge is -2.37. The number of halogens is 5. The molecular weight excluding hydrogens is 512 g/mol. The molecule has 1 amide bonds. The van der Waals surface area contributed by atoms with Crippen LogP contribution in [0.1, 0.15) is 24.8 Å². The van der Waals surface area contributed by atoms with E-state index in [1.165, 1.54) is 12.1 Å². The molecule has 2 saturated heterocycles. The van der Waals surface area contributed by atoms with Gasteiger partial charge in [-0.25, -0.2) is 17.8 Å². The number of benzene rings is 1. The van der Waals surface area contributed by atoms with Crippen LogP contribution in [0.25, 0.3) is 0 Å². The minimum Gasteiger partial charge on any atom is -0.371 e. The largest absolute Gasteiger partial charge is 0.417 e. The number of likely N-dealkylation sites (tertiary alicyclic amines) is 1. The summed E-state index contributed by atoms with van der Waals surface area (Å²) in [5.41, 5.74) is -0.861. The first-order valence-electron chi connectivity index (χ1n) is 10.9. The van der Waals surface area contributed by atoms with Crippen LogP contribution < -0.4 is 10.2 Å². The molecule has 2 aliphatic rings. The van der Waals surface area contributed by atoms with Gasteiger partial charge >= 0.3 is 6.18 Å². The van der Waals surface area contributed by atoms with Crippen LogP contribution in [0.15, 0.2) is 35.4 Å². The van der Waals surface area contributed by atoms with E-state index in [1.807, 2.05) is 0 Å². The van der Waals surface area contributed by atoms with Crippen LogP contribution in [-0.4, -0.2) is 62.2 Å². The second-order valence-electron chi connectivity index (χ2n) is 8.68. The Kier molecular flexibility index (Phi) is 6.89. The number of hydrogen-bond acceptors (Lipinski definition) is 6. The van der Waals surface area contributed by atoms with Gasteiger partial charge in [0.2, 0.25) is 5.91 Å². The van der Waals surface area contributed by atoms with Crippen LogP contribution in [0, 0.1) is 5.82 Å². The van der Waals surface area contributed by atoms with Crippen molar-refractivity contribution >= 4 is 38.9 Å². The molecule has 2 aliphatic heterocycles. The Labute approximate surface area is 205 Å². The fourth-order valence-electron chi connectivity index (χ4n) is 4.44. The van der Waals surface area contributed by atoms with E-state index in [0.29, 0.717) is 38.9 Å². The summed E-state index contributed by atoms with van der Waals surface area (Å²) < 4.78 is 76.2. The number of carbonyl (C=O) groups excluding carboxylic acids is 1. The number of sulfone groups is 1. The number of alkyl halides is 3. The molecule has 13 heteroatoms. The summed E-state index contributed by atoms with van der Waals surface area (Å²) in [4.78, 5) is 20.3. The summed E-state index contributed by atoms with van der Waals surface area (Å²) in [5, 5.41) is 2.80. The van der Waals surface area contributed by atoms with Gasteiger partial charge in [-0.15, -0.1) is 0 Å². The Morgan fingerprint density at radius 1 is 1.11 bits per heavy atom. The third-order valence-corrected chi connectivity index (χ3v) is 7.68. The molecule has 190 valence electrons. The van der Waals surface area contributed by atoms with Crippen molar-refractivity contribution in [2.45, 2.75) is 42.4 Å². The topological polar surface area (TPSA) is 82.6 Å². The van der Waals surface area contributed by atoms with Crippen LogP contribution in [0.5, 0.6) is 0 Å². The number of aromatic nitrogens is 1. The molecular formula is C22H23ClF4N4O3S. The van der Waals surface area contributed by atoms with Crippen LogP contribution in [0.3, 0.4) is 0 Å². The van der Waals surface area contributed by atoms with E-state index < -0.39 is 33.4 Å². The van der Waals surface area contributed by atoms with Gasteiger partial charge in [0.1, 0.15) is 17.7 Å². The lowest BCUT2D eigenvalue weighted by molar-refractivity contribution is -0.137. The highest BCUT2D eigenvalue weighted by Crippen LogP contribution is 2.35. The van der Waals surface area contributed by atoms with Crippen LogP contribution in [0.2, 0.25) is 5.02 Å². The molecule has 7 nitrogen and oxygen atoms in total. The molecule has 2 fully saturated rings. The normalized spacial score (nSPS) is 19.9. The predicted octanol–water partition coefficient (Wildman–Crippen LogP) is 3.98. The first kappa shape index (κ1) is 25.5. The van der Waals surface area contributed by atoms with Crippen molar-refractivity contribution in [1.29, 1.82) is 0 Å². The van der Waals surface area contributed by atoms with Crippen molar-refractivity contribution in [3.63, 3.8) is 0 Å². The molecule has 0 aliphatic carbocycles. The van der Waals surface area contributed by atoms with Crippen LogP contribution in [0.4, 0.5) is 29.1 Å². The molecule has 2 aromatic rings. The lowest BCUT2D eigenvalue weighted by atomic mass is 10.0. The number of rotatable bonds is 5.